The van der Waals surface area contributed by atoms with E-state index in [4.69, 9.17) is 0 Å². The Morgan fingerprint density at radius 3 is 2.52 bits per heavy atom. The number of nitrogens with one attached hydrogen (secondary N) is 2. The van der Waals surface area contributed by atoms with Crippen molar-refractivity contribution in [3.05, 3.63) is 53.3 Å². The number of hydrogen-bond donors (Lipinski definition) is 2. The highest BCUT2D eigenvalue weighted by Crippen LogP contribution is 2.15. The SMILES string of the molecule is CCNC(=NCc1ccnn1C)NCCCc1ccc(C(C)C)cc1. The zero-order valence-corrected chi connectivity index (χ0v) is 15.9. The van der Waals surface area contributed by atoms with Crippen LogP contribution in [0, 0.1) is 0 Å². The quantitative estimate of drug-likeness (QED) is 0.440. The van der Waals surface area contributed by atoms with Crippen LogP contribution in [0.25, 0.3) is 0 Å². The summed E-state index contributed by atoms with van der Waals surface area (Å²) in [5.74, 6) is 1.45. The molecular weight excluding hydrogens is 310 g/mol. The van der Waals surface area contributed by atoms with Crippen molar-refractivity contribution in [3.63, 3.8) is 0 Å². The number of aliphatic imine (C=N–C) groups is 1. The van der Waals surface area contributed by atoms with Gasteiger partial charge < -0.3 is 10.6 Å². The molecule has 0 spiro atoms. The summed E-state index contributed by atoms with van der Waals surface area (Å²) in [6.07, 6.45) is 3.96. The van der Waals surface area contributed by atoms with E-state index < -0.39 is 0 Å². The summed E-state index contributed by atoms with van der Waals surface area (Å²) in [5.41, 5.74) is 3.89. The lowest BCUT2D eigenvalue weighted by atomic mass is 10.0. The smallest absolute Gasteiger partial charge is 0.191 e. The van der Waals surface area contributed by atoms with Gasteiger partial charge in [-0.3, -0.25) is 4.68 Å². The molecule has 25 heavy (non-hydrogen) atoms. The lowest BCUT2D eigenvalue weighted by Crippen LogP contribution is -2.37. The number of guanidine groups is 1. The summed E-state index contributed by atoms with van der Waals surface area (Å²) in [6, 6.07) is 11.0. The van der Waals surface area contributed by atoms with Crippen LogP contribution in [0.4, 0.5) is 0 Å². The summed E-state index contributed by atoms with van der Waals surface area (Å²) >= 11 is 0. The van der Waals surface area contributed by atoms with Gasteiger partial charge in [-0.25, -0.2) is 4.99 Å². The van der Waals surface area contributed by atoms with Crippen LogP contribution in [-0.2, 0) is 20.0 Å². The van der Waals surface area contributed by atoms with E-state index >= 15 is 0 Å². The van der Waals surface area contributed by atoms with E-state index in [-0.39, 0.29) is 0 Å². The molecule has 0 radical (unpaired) electrons. The molecule has 2 N–H and O–H groups in total. The molecule has 2 rings (SSSR count). The second-order valence-corrected chi connectivity index (χ2v) is 6.57. The molecule has 1 aromatic carbocycles. The monoisotopic (exact) mass is 341 g/mol. The van der Waals surface area contributed by atoms with Crippen LogP contribution in [-0.4, -0.2) is 28.8 Å². The maximum atomic E-state index is 4.63. The van der Waals surface area contributed by atoms with Crippen molar-refractivity contribution in [2.24, 2.45) is 12.0 Å². The van der Waals surface area contributed by atoms with E-state index in [1.54, 1.807) is 6.20 Å². The molecule has 2 aromatic rings. The van der Waals surface area contributed by atoms with Crippen molar-refractivity contribution < 1.29 is 0 Å². The van der Waals surface area contributed by atoms with Crippen LogP contribution < -0.4 is 10.6 Å². The van der Waals surface area contributed by atoms with Crippen molar-refractivity contribution in [2.75, 3.05) is 13.1 Å². The molecule has 0 unspecified atom stereocenters. The Kier molecular flexibility index (Phi) is 7.51. The number of nitrogens with zero attached hydrogens (tertiary/aromatic N) is 3. The molecule has 5 heteroatoms. The number of benzene rings is 1. The summed E-state index contributed by atoms with van der Waals surface area (Å²) in [5, 5.41) is 10.9. The number of hydrogen-bond acceptors (Lipinski definition) is 2. The predicted octanol–water partition coefficient (Wildman–Crippen LogP) is 3.23. The predicted molar refractivity (Wildman–Crippen MR) is 105 cm³/mol. The standard InChI is InChI=1S/C20H31N5/c1-5-21-20(23-15-19-12-14-24-25(19)4)22-13-6-7-17-8-10-18(11-9-17)16(2)3/h8-12,14,16H,5-7,13,15H2,1-4H3,(H2,21,22,23). The molecule has 1 heterocycles. The second-order valence-electron chi connectivity index (χ2n) is 6.57. The fourth-order valence-electron chi connectivity index (χ4n) is 2.63. The third-order valence-electron chi connectivity index (χ3n) is 4.25. The van der Waals surface area contributed by atoms with Gasteiger partial charge >= 0.3 is 0 Å². The highest BCUT2D eigenvalue weighted by atomic mass is 15.3. The van der Waals surface area contributed by atoms with E-state index in [1.165, 1.54) is 11.1 Å². The first-order chi connectivity index (χ1) is 12.1. The molecule has 0 aliphatic carbocycles. The average molecular weight is 342 g/mol. The minimum Gasteiger partial charge on any atom is -0.357 e. The first-order valence-corrected chi connectivity index (χ1v) is 9.18. The topological polar surface area (TPSA) is 54.2 Å². The Morgan fingerprint density at radius 2 is 1.92 bits per heavy atom. The number of aryl methyl sites for hydroxylation is 2. The Labute approximate surface area is 151 Å². The van der Waals surface area contributed by atoms with Gasteiger partial charge in [0.2, 0.25) is 0 Å². The Bertz CT molecular complexity index is 655. The van der Waals surface area contributed by atoms with Crippen LogP contribution in [0.2, 0.25) is 0 Å². The Balaban J connectivity index is 1.78. The third-order valence-corrected chi connectivity index (χ3v) is 4.25. The van der Waals surface area contributed by atoms with Gasteiger partial charge in [0.05, 0.1) is 12.2 Å². The molecule has 0 bridgehead atoms. The van der Waals surface area contributed by atoms with Gasteiger partial charge in [0, 0.05) is 26.3 Å². The fraction of sp³-hybridized carbons (Fsp3) is 0.500. The molecule has 0 amide bonds. The lowest BCUT2D eigenvalue weighted by molar-refractivity contribution is 0.703. The summed E-state index contributed by atoms with van der Waals surface area (Å²) in [4.78, 5) is 4.63. The lowest BCUT2D eigenvalue weighted by Gasteiger charge is -2.11. The molecule has 0 saturated heterocycles. The Morgan fingerprint density at radius 1 is 1.16 bits per heavy atom. The van der Waals surface area contributed by atoms with Crippen LogP contribution in [0.1, 0.15) is 49.9 Å². The molecule has 0 atom stereocenters. The second kappa shape index (κ2) is 9.87. The van der Waals surface area contributed by atoms with Crippen molar-refractivity contribution in [3.8, 4) is 0 Å². The van der Waals surface area contributed by atoms with Crippen molar-refractivity contribution in [2.45, 2.75) is 46.1 Å². The first kappa shape index (κ1) is 19.0. The molecular formula is C20H31N5. The zero-order valence-electron chi connectivity index (χ0n) is 15.9. The van der Waals surface area contributed by atoms with Crippen LogP contribution in [0.3, 0.4) is 0 Å². The first-order valence-electron chi connectivity index (χ1n) is 9.18. The van der Waals surface area contributed by atoms with Crippen LogP contribution in [0.15, 0.2) is 41.5 Å². The molecule has 136 valence electrons. The fourth-order valence-corrected chi connectivity index (χ4v) is 2.63. The van der Waals surface area contributed by atoms with Crippen LogP contribution >= 0.6 is 0 Å². The largest absolute Gasteiger partial charge is 0.357 e. The normalized spacial score (nSPS) is 11.8. The summed E-state index contributed by atoms with van der Waals surface area (Å²) < 4.78 is 1.86. The van der Waals surface area contributed by atoms with Crippen molar-refractivity contribution in [1.82, 2.24) is 20.4 Å². The van der Waals surface area contributed by atoms with Gasteiger partial charge in [-0.2, -0.15) is 5.10 Å². The van der Waals surface area contributed by atoms with Crippen LogP contribution in [0.5, 0.6) is 0 Å². The highest BCUT2D eigenvalue weighted by Gasteiger charge is 2.01. The maximum absolute atomic E-state index is 4.63. The van der Waals surface area contributed by atoms with Gasteiger partial charge in [-0.05, 0) is 42.9 Å². The summed E-state index contributed by atoms with van der Waals surface area (Å²) in [7, 11) is 1.94. The number of aromatic nitrogens is 2. The summed E-state index contributed by atoms with van der Waals surface area (Å²) in [6.45, 7) is 8.93. The van der Waals surface area contributed by atoms with Gasteiger partial charge in [0.1, 0.15) is 0 Å². The molecule has 1 aromatic heterocycles. The molecule has 0 saturated carbocycles. The van der Waals surface area contributed by atoms with Crippen molar-refractivity contribution in [1.29, 1.82) is 0 Å². The molecule has 0 aliphatic rings. The van der Waals surface area contributed by atoms with Gasteiger partial charge in [-0.1, -0.05) is 38.1 Å². The maximum Gasteiger partial charge on any atom is 0.191 e. The van der Waals surface area contributed by atoms with E-state index in [0.29, 0.717) is 12.5 Å². The molecule has 5 nitrogen and oxygen atoms in total. The average Bonchev–Trinajstić information content (AvgIpc) is 3.02. The van der Waals surface area contributed by atoms with Crippen molar-refractivity contribution >= 4 is 5.96 Å². The van der Waals surface area contributed by atoms with E-state index in [2.05, 4.69) is 65.8 Å². The van der Waals surface area contributed by atoms with E-state index in [9.17, 15) is 0 Å². The minimum atomic E-state index is 0.592. The van der Waals surface area contributed by atoms with Gasteiger partial charge in [0.15, 0.2) is 5.96 Å². The highest BCUT2D eigenvalue weighted by molar-refractivity contribution is 5.79. The number of rotatable bonds is 8. The van der Waals surface area contributed by atoms with Gasteiger partial charge in [0.25, 0.3) is 0 Å². The zero-order chi connectivity index (χ0) is 18.1. The minimum absolute atomic E-state index is 0.592. The Hall–Kier alpha value is -2.30. The van der Waals surface area contributed by atoms with Gasteiger partial charge in [-0.15, -0.1) is 0 Å². The molecule has 0 aliphatic heterocycles. The third kappa shape index (κ3) is 6.25. The van der Waals surface area contributed by atoms with E-state index in [1.807, 2.05) is 17.8 Å². The molecule has 0 fully saturated rings. The van der Waals surface area contributed by atoms with E-state index in [0.717, 1.165) is 37.6 Å².